The number of hydrogen-bond acceptors (Lipinski definition) is 4. The van der Waals surface area contributed by atoms with Gasteiger partial charge in [0, 0.05) is 27.5 Å². The molecule has 4 aromatic rings. The van der Waals surface area contributed by atoms with Gasteiger partial charge in [-0.2, -0.15) is 9.78 Å². The van der Waals surface area contributed by atoms with Crippen LogP contribution in [0.4, 0.5) is 0 Å². The van der Waals surface area contributed by atoms with Crippen LogP contribution >= 0.6 is 11.3 Å². The van der Waals surface area contributed by atoms with Crippen molar-refractivity contribution in [3.05, 3.63) is 63.7 Å². The second-order valence-electron chi connectivity index (χ2n) is 5.21. The molecular formula is C17H14N4OS. The molecule has 0 aliphatic rings. The summed E-state index contributed by atoms with van der Waals surface area (Å²) in [7, 11) is 0. The van der Waals surface area contributed by atoms with E-state index in [4.69, 9.17) is 0 Å². The Morgan fingerprint density at radius 3 is 3.09 bits per heavy atom. The van der Waals surface area contributed by atoms with Gasteiger partial charge in [0.15, 0.2) is 0 Å². The standard InChI is InChI=1S/C17H14N4OS/c1-2-12-7-14-16(23-12)19-10-21(17(14)22)20-9-11-8-18-15-6-4-3-5-13(11)15/h3-10,18H,2H2,1H3/b20-9+. The molecule has 3 aromatic heterocycles. The van der Waals surface area contributed by atoms with E-state index >= 15 is 0 Å². The van der Waals surface area contributed by atoms with E-state index in [1.807, 2.05) is 36.5 Å². The summed E-state index contributed by atoms with van der Waals surface area (Å²) >= 11 is 1.56. The Morgan fingerprint density at radius 1 is 1.35 bits per heavy atom. The minimum atomic E-state index is -0.137. The predicted molar refractivity (Wildman–Crippen MR) is 94.5 cm³/mol. The van der Waals surface area contributed by atoms with E-state index in [-0.39, 0.29) is 5.56 Å². The van der Waals surface area contributed by atoms with E-state index in [1.54, 1.807) is 17.6 Å². The summed E-state index contributed by atoms with van der Waals surface area (Å²) in [6.07, 6.45) is 5.94. The Labute approximate surface area is 135 Å². The van der Waals surface area contributed by atoms with Crippen LogP contribution in [0.2, 0.25) is 0 Å². The predicted octanol–water partition coefficient (Wildman–Crippen LogP) is 3.38. The van der Waals surface area contributed by atoms with Crippen LogP contribution in [-0.2, 0) is 6.42 Å². The lowest BCUT2D eigenvalue weighted by Gasteiger charge is -1.96. The fourth-order valence-corrected chi connectivity index (χ4v) is 3.47. The number of hydrogen-bond donors (Lipinski definition) is 1. The van der Waals surface area contributed by atoms with Gasteiger partial charge in [-0.15, -0.1) is 11.3 Å². The van der Waals surface area contributed by atoms with Gasteiger partial charge in [0.05, 0.1) is 11.6 Å². The van der Waals surface area contributed by atoms with Crippen molar-refractivity contribution in [2.75, 3.05) is 0 Å². The van der Waals surface area contributed by atoms with E-state index in [9.17, 15) is 4.79 Å². The highest BCUT2D eigenvalue weighted by Gasteiger charge is 2.07. The lowest BCUT2D eigenvalue weighted by molar-refractivity contribution is 0.819. The Hall–Kier alpha value is -2.73. The number of benzene rings is 1. The molecular weight excluding hydrogens is 308 g/mol. The third-order valence-corrected chi connectivity index (χ3v) is 4.96. The smallest absolute Gasteiger partial charge is 0.282 e. The third kappa shape index (κ3) is 2.37. The minimum absolute atomic E-state index is 0.137. The van der Waals surface area contributed by atoms with Gasteiger partial charge in [-0.05, 0) is 18.6 Å². The number of aromatic amines is 1. The van der Waals surface area contributed by atoms with Gasteiger partial charge in [0.25, 0.3) is 5.56 Å². The summed E-state index contributed by atoms with van der Waals surface area (Å²) < 4.78 is 1.29. The van der Waals surface area contributed by atoms with Crippen molar-refractivity contribution in [1.29, 1.82) is 0 Å². The summed E-state index contributed by atoms with van der Waals surface area (Å²) in [4.78, 5) is 21.9. The van der Waals surface area contributed by atoms with E-state index in [1.165, 1.54) is 11.0 Å². The molecule has 0 fully saturated rings. The van der Waals surface area contributed by atoms with Crippen molar-refractivity contribution in [3.8, 4) is 0 Å². The topological polar surface area (TPSA) is 63.0 Å². The first kappa shape index (κ1) is 13.9. The molecule has 0 amide bonds. The number of nitrogens with one attached hydrogen (secondary N) is 1. The Morgan fingerprint density at radius 2 is 2.22 bits per heavy atom. The van der Waals surface area contributed by atoms with E-state index in [2.05, 4.69) is 22.0 Å². The number of aromatic nitrogens is 3. The van der Waals surface area contributed by atoms with Crippen LogP contribution < -0.4 is 5.56 Å². The number of nitrogens with zero attached hydrogens (tertiary/aromatic N) is 3. The van der Waals surface area contributed by atoms with Crippen LogP contribution in [0.5, 0.6) is 0 Å². The van der Waals surface area contributed by atoms with Crippen LogP contribution in [0.3, 0.4) is 0 Å². The van der Waals surface area contributed by atoms with Crippen LogP contribution in [0, 0.1) is 0 Å². The minimum Gasteiger partial charge on any atom is -0.361 e. The fraction of sp³-hybridized carbons (Fsp3) is 0.118. The monoisotopic (exact) mass is 322 g/mol. The first-order valence-electron chi connectivity index (χ1n) is 7.37. The summed E-state index contributed by atoms with van der Waals surface area (Å²) in [6, 6.07) is 9.88. The zero-order chi connectivity index (χ0) is 15.8. The summed E-state index contributed by atoms with van der Waals surface area (Å²) in [6.45, 7) is 2.07. The van der Waals surface area contributed by atoms with Gasteiger partial charge < -0.3 is 4.98 Å². The van der Waals surface area contributed by atoms with Gasteiger partial charge in [-0.1, -0.05) is 25.1 Å². The molecule has 1 aromatic carbocycles. The van der Waals surface area contributed by atoms with Gasteiger partial charge in [-0.25, -0.2) is 4.98 Å². The Kier molecular flexibility index (Phi) is 3.31. The van der Waals surface area contributed by atoms with Gasteiger partial charge in [-0.3, -0.25) is 4.79 Å². The van der Waals surface area contributed by atoms with Crippen LogP contribution in [0.15, 0.2) is 52.8 Å². The molecule has 0 aliphatic heterocycles. The van der Waals surface area contributed by atoms with E-state index in [0.717, 1.165) is 32.6 Å². The Bertz CT molecular complexity index is 1090. The maximum atomic E-state index is 12.5. The molecule has 0 radical (unpaired) electrons. The molecule has 0 bridgehead atoms. The summed E-state index contributed by atoms with van der Waals surface area (Å²) in [5, 5.41) is 5.99. The van der Waals surface area contributed by atoms with Crippen LogP contribution in [-0.4, -0.2) is 20.9 Å². The van der Waals surface area contributed by atoms with Crippen molar-refractivity contribution in [1.82, 2.24) is 14.6 Å². The number of thiophene rings is 1. The molecule has 1 N–H and O–H groups in total. The first-order chi connectivity index (χ1) is 11.3. The van der Waals surface area contributed by atoms with Crippen LogP contribution in [0.25, 0.3) is 21.1 Å². The second-order valence-corrected chi connectivity index (χ2v) is 6.33. The maximum Gasteiger partial charge on any atom is 0.282 e. The number of rotatable bonds is 3. The quantitative estimate of drug-likeness (QED) is 0.588. The van der Waals surface area contributed by atoms with Gasteiger partial charge >= 0.3 is 0 Å². The summed E-state index contributed by atoms with van der Waals surface area (Å²) in [5.41, 5.74) is 1.84. The van der Waals surface area contributed by atoms with Crippen LogP contribution in [0.1, 0.15) is 17.4 Å². The van der Waals surface area contributed by atoms with Crippen molar-refractivity contribution < 1.29 is 0 Å². The average Bonchev–Trinajstić information content (AvgIpc) is 3.18. The molecule has 0 unspecified atom stereocenters. The molecule has 0 spiro atoms. The lowest BCUT2D eigenvalue weighted by Crippen LogP contribution is -2.16. The lowest BCUT2D eigenvalue weighted by atomic mass is 10.2. The van der Waals surface area contributed by atoms with E-state index < -0.39 is 0 Å². The molecule has 5 nitrogen and oxygen atoms in total. The van der Waals surface area contributed by atoms with E-state index in [0.29, 0.717) is 5.39 Å². The third-order valence-electron chi connectivity index (χ3n) is 3.78. The Balaban J connectivity index is 1.77. The molecule has 3 heterocycles. The van der Waals surface area contributed by atoms with Gasteiger partial charge in [0.1, 0.15) is 11.2 Å². The van der Waals surface area contributed by atoms with Crippen molar-refractivity contribution in [2.24, 2.45) is 5.10 Å². The van der Waals surface area contributed by atoms with Crippen molar-refractivity contribution >= 4 is 38.7 Å². The normalized spacial score (nSPS) is 11.9. The molecule has 0 saturated heterocycles. The highest BCUT2D eigenvalue weighted by Crippen LogP contribution is 2.21. The molecule has 4 rings (SSSR count). The number of aryl methyl sites for hydroxylation is 1. The van der Waals surface area contributed by atoms with Crippen molar-refractivity contribution in [2.45, 2.75) is 13.3 Å². The average molecular weight is 322 g/mol. The maximum absolute atomic E-state index is 12.5. The second kappa shape index (κ2) is 5.48. The zero-order valence-electron chi connectivity index (χ0n) is 12.5. The first-order valence-corrected chi connectivity index (χ1v) is 8.18. The molecule has 0 atom stereocenters. The number of para-hydroxylation sites is 1. The SMILES string of the molecule is CCc1cc2c(=O)n(/N=C/c3c[nH]c4ccccc34)cnc2s1. The molecule has 114 valence electrons. The summed E-state index contributed by atoms with van der Waals surface area (Å²) in [5.74, 6) is 0. The number of fused-ring (bicyclic) bond motifs is 2. The highest BCUT2D eigenvalue weighted by molar-refractivity contribution is 7.18. The molecule has 23 heavy (non-hydrogen) atoms. The van der Waals surface area contributed by atoms with Gasteiger partial charge in [0.2, 0.25) is 0 Å². The molecule has 6 heteroatoms. The number of H-pyrrole nitrogens is 1. The molecule has 0 aliphatic carbocycles. The largest absolute Gasteiger partial charge is 0.361 e. The fourth-order valence-electron chi connectivity index (χ4n) is 2.55. The molecule has 0 saturated carbocycles. The highest BCUT2D eigenvalue weighted by atomic mass is 32.1. The zero-order valence-corrected chi connectivity index (χ0v) is 13.3. The van der Waals surface area contributed by atoms with Crippen molar-refractivity contribution in [3.63, 3.8) is 0 Å².